The second kappa shape index (κ2) is 5.15. The minimum absolute atomic E-state index is 0.931. The van der Waals surface area contributed by atoms with Crippen LogP contribution >= 0.6 is 0 Å². The summed E-state index contributed by atoms with van der Waals surface area (Å²) < 4.78 is 0. The zero-order valence-corrected chi connectivity index (χ0v) is 14.2. The molecule has 4 aromatic carbocycles. The molecule has 3 nitrogen and oxygen atoms in total. The predicted molar refractivity (Wildman–Crippen MR) is 103 cm³/mol. The number of rotatable bonds is 1. The summed E-state index contributed by atoms with van der Waals surface area (Å²) >= 11 is 0. The molecule has 3 heteroatoms. The van der Waals surface area contributed by atoms with Crippen molar-refractivity contribution >= 4 is 32.6 Å². The van der Waals surface area contributed by atoms with Gasteiger partial charge in [-0.25, -0.2) is 0 Å². The maximum atomic E-state index is 4.79. The van der Waals surface area contributed by atoms with Gasteiger partial charge >= 0.3 is 0 Å². The molecule has 0 atom stereocenters. The maximum Gasteiger partial charge on any atom is 0.121 e. The van der Waals surface area contributed by atoms with E-state index in [0.717, 1.165) is 22.1 Å². The van der Waals surface area contributed by atoms with Crippen LogP contribution in [0, 0.1) is 13.8 Å². The van der Waals surface area contributed by atoms with Crippen molar-refractivity contribution in [2.75, 3.05) is 0 Å². The molecule has 0 bridgehead atoms. The summed E-state index contributed by atoms with van der Waals surface area (Å²) in [6.07, 6.45) is 0. The molecule has 0 radical (unpaired) electrons. The molecule has 1 aromatic heterocycles. The standard InChI is InChI=1S/C22H17N3/c1-14-7-9-18(10-8-14)25-23-21-11-15(2)19-12-16-5-3-4-6-17(16)13-20(19)22(21)24-25/h3-13H,1-2H3. The van der Waals surface area contributed by atoms with E-state index in [4.69, 9.17) is 10.2 Å². The lowest BCUT2D eigenvalue weighted by molar-refractivity contribution is 0.766. The molecule has 0 fully saturated rings. The van der Waals surface area contributed by atoms with E-state index in [-0.39, 0.29) is 0 Å². The number of nitrogens with zero attached hydrogens (tertiary/aromatic N) is 3. The second-order valence-corrected chi connectivity index (χ2v) is 6.63. The minimum atomic E-state index is 0.931. The first-order valence-electron chi connectivity index (χ1n) is 8.45. The van der Waals surface area contributed by atoms with Crippen molar-refractivity contribution in [3.63, 3.8) is 0 Å². The Labute approximate surface area is 145 Å². The van der Waals surface area contributed by atoms with Gasteiger partial charge in [0.1, 0.15) is 11.0 Å². The molecule has 0 aliphatic heterocycles. The number of benzene rings is 4. The molecule has 25 heavy (non-hydrogen) atoms. The Morgan fingerprint density at radius 1 is 0.720 bits per heavy atom. The van der Waals surface area contributed by atoms with Crippen molar-refractivity contribution in [1.82, 2.24) is 15.0 Å². The first-order chi connectivity index (χ1) is 12.2. The highest BCUT2D eigenvalue weighted by atomic mass is 15.5. The molecule has 120 valence electrons. The molecule has 5 aromatic rings. The molecule has 0 saturated carbocycles. The smallest absolute Gasteiger partial charge is 0.121 e. The Morgan fingerprint density at radius 3 is 2.12 bits per heavy atom. The van der Waals surface area contributed by atoms with Gasteiger partial charge in [0.05, 0.1) is 5.69 Å². The molecular formula is C22H17N3. The third-order valence-corrected chi connectivity index (χ3v) is 4.82. The number of hydrogen-bond acceptors (Lipinski definition) is 2. The third-order valence-electron chi connectivity index (χ3n) is 4.82. The van der Waals surface area contributed by atoms with E-state index in [2.05, 4.69) is 80.6 Å². The van der Waals surface area contributed by atoms with Crippen molar-refractivity contribution in [3.05, 3.63) is 77.9 Å². The Kier molecular flexibility index (Phi) is 2.92. The topological polar surface area (TPSA) is 30.7 Å². The van der Waals surface area contributed by atoms with Crippen molar-refractivity contribution in [2.45, 2.75) is 13.8 Å². The average molecular weight is 323 g/mol. The molecule has 0 unspecified atom stereocenters. The molecule has 0 aliphatic rings. The van der Waals surface area contributed by atoms with Crippen LogP contribution in [0.15, 0.2) is 66.7 Å². The van der Waals surface area contributed by atoms with E-state index in [9.17, 15) is 0 Å². The predicted octanol–water partition coefficient (Wildman–Crippen LogP) is 5.34. The van der Waals surface area contributed by atoms with Crippen LogP contribution in [0.2, 0.25) is 0 Å². The average Bonchev–Trinajstić information content (AvgIpc) is 3.05. The number of fused-ring (bicyclic) bond motifs is 4. The summed E-state index contributed by atoms with van der Waals surface area (Å²) in [5.74, 6) is 0. The fourth-order valence-corrected chi connectivity index (χ4v) is 3.45. The zero-order valence-electron chi connectivity index (χ0n) is 14.2. The summed E-state index contributed by atoms with van der Waals surface area (Å²) in [6.45, 7) is 4.22. The van der Waals surface area contributed by atoms with Gasteiger partial charge in [0, 0.05) is 5.39 Å². The Morgan fingerprint density at radius 2 is 1.40 bits per heavy atom. The molecule has 1 heterocycles. The van der Waals surface area contributed by atoms with Crippen LogP contribution in [-0.4, -0.2) is 15.0 Å². The highest BCUT2D eigenvalue weighted by molar-refractivity contribution is 6.10. The summed E-state index contributed by atoms with van der Waals surface area (Å²) in [4.78, 5) is 1.73. The lowest BCUT2D eigenvalue weighted by Gasteiger charge is -2.05. The van der Waals surface area contributed by atoms with E-state index in [1.54, 1.807) is 4.80 Å². The van der Waals surface area contributed by atoms with Gasteiger partial charge in [0.2, 0.25) is 0 Å². The Hall–Kier alpha value is -3.20. The van der Waals surface area contributed by atoms with Gasteiger partial charge in [0.25, 0.3) is 0 Å². The van der Waals surface area contributed by atoms with Gasteiger partial charge in [-0.2, -0.15) is 4.80 Å². The zero-order chi connectivity index (χ0) is 17.0. The van der Waals surface area contributed by atoms with E-state index >= 15 is 0 Å². The van der Waals surface area contributed by atoms with Crippen molar-refractivity contribution < 1.29 is 0 Å². The van der Waals surface area contributed by atoms with E-state index in [0.29, 0.717) is 0 Å². The Bertz CT molecular complexity index is 1250. The monoisotopic (exact) mass is 323 g/mol. The molecule has 5 rings (SSSR count). The van der Waals surface area contributed by atoms with Gasteiger partial charge in [-0.1, -0.05) is 42.0 Å². The molecule has 0 spiro atoms. The largest absolute Gasteiger partial charge is 0.150 e. The fourth-order valence-electron chi connectivity index (χ4n) is 3.45. The lowest BCUT2D eigenvalue weighted by Crippen LogP contribution is -1.97. The molecule has 0 saturated heterocycles. The minimum Gasteiger partial charge on any atom is -0.150 e. The first kappa shape index (κ1) is 14.2. The summed E-state index contributed by atoms with van der Waals surface area (Å²) in [7, 11) is 0. The van der Waals surface area contributed by atoms with E-state index in [1.807, 2.05) is 0 Å². The van der Waals surface area contributed by atoms with Crippen LogP contribution in [0.1, 0.15) is 11.1 Å². The normalized spacial score (nSPS) is 11.6. The van der Waals surface area contributed by atoms with Crippen molar-refractivity contribution in [3.8, 4) is 5.69 Å². The molecule has 0 N–H and O–H groups in total. The molecular weight excluding hydrogens is 306 g/mol. The second-order valence-electron chi connectivity index (χ2n) is 6.63. The highest BCUT2D eigenvalue weighted by Gasteiger charge is 2.11. The summed E-state index contributed by atoms with van der Waals surface area (Å²) in [6, 6.07) is 23.3. The quantitative estimate of drug-likeness (QED) is 0.390. The lowest BCUT2D eigenvalue weighted by atomic mass is 9.99. The van der Waals surface area contributed by atoms with E-state index in [1.165, 1.54) is 27.3 Å². The van der Waals surface area contributed by atoms with Crippen LogP contribution < -0.4 is 0 Å². The summed E-state index contributed by atoms with van der Waals surface area (Å²) in [5, 5.41) is 14.4. The maximum absolute atomic E-state index is 4.79. The number of aromatic nitrogens is 3. The Balaban J connectivity index is 1.84. The SMILES string of the molecule is Cc1ccc(-n2nc3cc(C)c4cc5ccccc5cc4c3n2)cc1. The van der Waals surface area contributed by atoms with Gasteiger partial charge < -0.3 is 0 Å². The van der Waals surface area contributed by atoms with Crippen molar-refractivity contribution in [1.29, 1.82) is 0 Å². The van der Waals surface area contributed by atoms with Crippen LogP contribution in [0.3, 0.4) is 0 Å². The van der Waals surface area contributed by atoms with Crippen LogP contribution in [0.25, 0.3) is 38.3 Å². The van der Waals surface area contributed by atoms with Gasteiger partial charge in [-0.3, -0.25) is 0 Å². The molecule has 0 aliphatic carbocycles. The highest BCUT2D eigenvalue weighted by Crippen LogP contribution is 2.30. The van der Waals surface area contributed by atoms with Gasteiger partial charge in [0.15, 0.2) is 0 Å². The molecule has 0 amide bonds. The third kappa shape index (κ3) is 2.20. The van der Waals surface area contributed by atoms with Crippen LogP contribution in [0.4, 0.5) is 0 Å². The first-order valence-corrected chi connectivity index (χ1v) is 8.45. The van der Waals surface area contributed by atoms with E-state index < -0.39 is 0 Å². The van der Waals surface area contributed by atoms with Crippen molar-refractivity contribution in [2.24, 2.45) is 0 Å². The summed E-state index contributed by atoms with van der Waals surface area (Å²) in [5.41, 5.74) is 5.32. The van der Waals surface area contributed by atoms with Crippen LogP contribution in [-0.2, 0) is 0 Å². The van der Waals surface area contributed by atoms with Crippen LogP contribution in [0.5, 0.6) is 0 Å². The number of hydrogen-bond donors (Lipinski definition) is 0. The fraction of sp³-hybridized carbons (Fsp3) is 0.0909. The number of aryl methyl sites for hydroxylation is 2. The van der Waals surface area contributed by atoms with Gasteiger partial charge in [-0.15, -0.1) is 10.2 Å². The van der Waals surface area contributed by atoms with Gasteiger partial charge in [-0.05, 0) is 65.9 Å².